The molecule has 0 saturated heterocycles. The zero-order valence-electron chi connectivity index (χ0n) is 11.7. The van der Waals surface area contributed by atoms with Crippen LogP contribution in [0.2, 0.25) is 0 Å². The number of rotatable bonds is 5. The van der Waals surface area contributed by atoms with Crippen molar-refractivity contribution in [3.63, 3.8) is 0 Å². The molecule has 20 heavy (non-hydrogen) atoms. The van der Waals surface area contributed by atoms with E-state index in [1.54, 1.807) is 12.1 Å². The van der Waals surface area contributed by atoms with Crippen molar-refractivity contribution in [3.05, 3.63) is 58.3 Å². The Balaban J connectivity index is 2.34. The van der Waals surface area contributed by atoms with Crippen LogP contribution in [-0.2, 0) is 6.54 Å². The maximum Gasteiger partial charge on any atom is 0.123 e. The molecule has 1 N–H and O–H groups in total. The SMILES string of the molecule is CCN(c1ccc(F)cc1)c1ccc(CNC)cc1Br. The van der Waals surface area contributed by atoms with Gasteiger partial charge in [-0.25, -0.2) is 4.39 Å². The number of anilines is 2. The highest BCUT2D eigenvalue weighted by atomic mass is 79.9. The molecule has 0 saturated carbocycles. The first kappa shape index (κ1) is 15.0. The largest absolute Gasteiger partial charge is 0.341 e. The third kappa shape index (κ3) is 3.38. The summed E-state index contributed by atoms with van der Waals surface area (Å²) < 4.78 is 14.1. The Bertz CT molecular complexity index is 569. The van der Waals surface area contributed by atoms with E-state index in [0.29, 0.717) is 0 Å². The first-order chi connectivity index (χ1) is 9.65. The van der Waals surface area contributed by atoms with Gasteiger partial charge in [-0.05, 0) is 71.9 Å². The topological polar surface area (TPSA) is 15.3 Å². The molecule has 0 spiro atoms. The smallest absolute Gasteiger partial charge is 0.123 e. The Morgan fingerprint density at radius 2 is 1.85 bits per heavy atom. The van der Waals surface area contributed by atoms with Crippen molar-refractivity contribution < 1.29 is 4.39 Å². The van der Waals surface area contributed by atoms with E-state index in [-0.39, 0.29) is 5.82 Å². The van der Waals surface area contributed by atoms with Gasteiger partial charge < -0.3 is 10.2 Å². The van der Waals surface area contributed by atoms with Crippen molar-refractivity contribution in [2.75, 3.05) is 18.5 Å². The van der Waals surface area contributed by atoms with Crippen LogP contribution in [-0.4, -0.2) is 13.6 Å². The van der Waals surface area contributed by atoms with Gasteiger partial charge in [-0.1, -0.05) is 6.07 Å². The molecule has 2 aromatic carbocycles. The second kappa shape index (κ2) is 6.86. The molecule has 2 aromatic rings. The van der Waals surface area contributed by atoms with E-state index in [2.05, 4.69) is 51.3 Å². The second-order valence-corrected chi connectivity index (χ2v) is 5.39. The zero-order chi connectivity index (χ0) is 14.5. The molecule has 0 bridgehead atoms. The van der Waals surface area contributed by atoms with E-state index in [1.165, 1.54) is 17.7 Å². The maximum atomic E-state index is 13.0. The minimum Gasteiger partial charge on any atom is -0.341 e. The van der Waals surface area contributed by atoms with Crippen molar-refractivity contribution in [2.24, 2.45) is 0 Å². The lowest BCUT2D eigenvalue weighted by atomic mass is 10.1. The van der Waals surface area contributed by atoms with Gasteiger partial charge in [-0.3, -0.25) is 0 Å². The third-order valence-corrected chi connectivity index (χ3v) is 3.77. The second-order valence-electron chi connectivity index (χ2n) is 4.54. The molecule has 2 nitrogen and oxygen atoms in total. The molecule has 0 amide bonds. The van der Waals surface area contributed by atoms with Gasteiger partial charge in [0.1, 0.15) is 5.82 Å². The highest BCUT2D eigenvalue weighted by molar-refractivity contribution is 9.10. The molecule has 106 valence electrons. The molecule has 0 unspecified atom stereocenters. The minimum atomic E-state index is -0.215. The normalized spacial score (nSPS) is 10.6. The monoisotopic (exact) mass is 336 g/mol. The van der Waals surface area contributed by atoms with Crippen molar-refractivity contribution in [1.29, 1.82) is 0 Å². The predicted molar refractivity (Wildman–Crippen MR) is 86.0 cm³/mol. The lowest BCUT2D eigenvalue weighted by molar-refractivity contribution is 0.628. The van der Waals surface area contributed by atoms with Gasteiger partial charge >= 0.3 is 0 Å². The quantitative estimate of drug-likeness (QED) is 0.866. The van der Waals surface area contributed by atoms with Crippen molar-refractivity contribution in [1.82, 2.24) is 5.32 Å². The Morgan fingerprint density at radius 3 is 2.40 bits per heavy atom. The summed E-state index contributed by atoms with van der Waals surface area (Å²) in [5, 5.41) is 3.14. The van der Waals surface area contributed by atoms with Crippen LogP contribution in [0, 0.1) is 5.82 Å². The lowest BCUT2D eigenvalue weighted by Gasteiger charge is -2.25. The van der Waals surface area contributed by atoms with Crippen LogP contribution in [0.5, 0.6) is 0 Å². The third-order valence-electron chi connectivity index (χ3n) is 3.14. The number of hydrogen-bond acceptors (Lipinski definition) is 2. The molecule has 0 aromatic heterocycles. The van der Waals surface area contributed by atoms with Crippen LogP contribution in [0.4, 0.5) is 15.8 Å². The van der Waals surface area contributed by atoms with Crippen LogP contribution >= 0.6 is 15.9 Å². The summed E-state index contributed by atoms with van der Waals surface area (Å²) in [7, 11) is 1.93. The van der Waals surface area contributed by atoms with Gasteiger partial charge in [0.25, 0.3) is 0 Å². The van der Waals surface area contributed by atoms with Crippen LogP contribution in [0.3, 0.4) is 0 Å². The Kier molecular flexibility index (Phi) is 5.15. The average molecular weight is 337 g/mol. The molecule has 0 radical (unpaired) electrons. The van der Waals surface area contributed by atoms with Gasteiger partial charge in [0.15, 0.2) is 0 Å². The van der Waals surface area contributed by atoms with Gasteiger partial charge in [0.05, 0.1) is 5.69 Å². The fourth-order valence-corrected chi connectivity index (χ4v) is 2.84. The zero-order valence-corrected chi connectivity index (χ0v) is 13.2. The van der Waals surface area contributed by atoms with Gasteiger partial charge in [0.2, 0.25) is 0 Å². The van der Waals surface area contributed by atoms with Crippen molar-refractivity contribution >= 4 is 27.3 Å². The summed E-state index contributed by atoms with van der Waals surface area (Å²) in [5.41, 5.74) is 3.29. The molecule has 0 aliphatic rings. The van der Waals surface area contributed by atoms with E-state index in [0.717, 1.165) is 28.9 Å². The van der Waals surface area contributed by atoms with Crippen LogP contribution in [0.15, 0.2) is 46.9 Å². The van der Waals surface area contributed by atoms with Crippen molar-refractivity contribution in [2.45, 2.75) is 13.5 Å². The molecule has 0 atom stereocenters. The summed E-state index contributed by atoms with van der Waals surface area (Å²) >= 11 is 3.63. The van der Waals surface area contributed by atoms with Crippen molar-refractivity contribution in [3.8, 4) is 0 Å². The van der Waals surface area contributed by atoms with E-state index >= 15 is 0 Å². The number of hydrogen-bond donors (Lipinski definition) is 1. The number of nitrogens with one attached hydrogen (secondary N) is 1. The van der Waals surface area contributed by atoms with Crippen LogP contribution in [0.25, 0.3) is 0 Å². The highest BCUT2D eigenvalue weighted by Crippen LogP contribution is 2.32. The number of nitrogens with zero attached hydrogens (tertiary/aromatic N) is 1. The Labute approximate surface area is 127 Å². The molecule has 0 aliphatic heterocycles. The predicted octanol–water partition coefficient (Wildman–Crippen LogP) is 4.47. The molecule has 0 heterocycles. The molecule has 2 rings (SSSR count). The fraction of sp³-hybridized carbons (Fsp3) is 0.250. The lowest BCUT2D eigenvalue weighted by Crippen LogP contribution is -2.16. The van der Waals surface area contributed by atoms with Gasteiger partial charge in [0, 0.05) is 23.2 Å². The highest BCUT2D eigenvalue weighted by Gasteiger charge is 2.11. The van der Waals surface area contributed by atoms with Crippen LogP contribution in [0.1, 0.15) is 12.5 Å². The molecule has 4 heteroatoms. The number of benzene rings is 2. The van der Waals surface area contributed by atoms with E-state index in [1.807, 2.05) is 7.05 Å². The van der Waals surface area contributed by atoms with E-state index < -0.39 is 0 Å². The van der Waals surface area contributed by atoms with Gasteiger partial charge in [-0.2, -0.15) is 0 Å². The minimum absolute atomic E-state index is 0.215. The van der Waals surface area contributed by atoms with E-state index in [9.17, 15) is 4.39 Å². The van der Waals surface area contributed by atoms with E-state index in [4.69, 9.17) is 0 Å². The Hall–Kier alpha value is -1.39. The molecule has 0 aliphatic carbocycles. The van der Waals surface area contributed by atoms with Gasteiger partial charge in [-0.15, -0.1) is 0 Å². The first-order valence-corrected chi connectivity index (χ1v) is 7.41. The average Bonchev–Trinajstić information content (AvgIpc) is 2.44. The summed E-state index contributed by atoms with van der Waals surface area (Å²) in [6.07, 6.45) is 0. The molecule has 0 fully saturated rings. The maximum absolute atomic E-state index is 13.0. The summed E-state index contributed by atoms with van der Waals surface area (Å²) in [6.45, 7) is 3.73. The Morgan fingerprint density at radius 1 is 1.15 bits per heavy atom. The standard InChI is InChI=1S/C16H18BrFN2/c1-3-20(14-7-5-13(18)6-8-14)16-9-4-12(11-19-2)10-15(16)17/h4-10,19H,3,11H2,1-2H3. The number of halogens is 2. The molecular weight excluding hydrogens is 319 g/mol. The summed E-state index contributed by atoms with van der Waals surface area (Å²) in [5.74, 6) is -0.215. The summed E-state index contributed by atoms with van der Waals surface area (Å²) in [6, 6.07) is 12.9. The van der Waals surface area contributed by atoms with Crippen LogP contribution < -0.4 is 10.2 Å². The fourth-order valence-electron chi connectivity index (χ4n) is 2.20. The summed E-state index contributed by atoms with van der Waals surface area (Å²) in [4.78, 5) is 2.15. The molecular formula is C16H18BrFN2. The first-order valence-electron chi connectivity index (χ1n) is 6.62.